The number of carbonyl (C=O) groups is 1. The Hall–Kier alpha value is -2.30. The van der Waals surface area contributed by atoms with Crippen molar-refractivity contribution in [1.82, 2.24) is 15.3 Å². The molecule has 0 aliphatic carbocycles. The summed E-state index contributed by atoms with van der Waals surface area (Å²) in [4.78, 5) is 20.0. The molecule has 1 aromatic carbocycles. The summed E-state index contributed by atoms with van der Waals surface area (Å²) in [6.07, 6.45) is 1.35. The van der Waals surface area contributed by atoms with Crippen molar-refractivity contribution in [2.45, 2.75) is 53.2 Å². The molecule has 2 N–H and O–H groups in total. The molecule has 2 aromatic rings. The summed E-state index contributed by atoms with van der Waals surface area (Å²) in [5.74, 6) is 0.715. The summed E-state index contributed by atoms with van der Waals surface area (Å²) in [6.45, 7) is 11.7. The third-order valence-corrected chi connectivity index (χ3v) is 3.48. The number of amides is 1. The van der Waals surface area contributed by atoms with Crippen molar-refractivity contribution >= 4 is 6.09 Å². The van der Waals surface area contributed by atoms with E-state index >= 15 is 0 Å². The Balaban J connectivity index is 2.23. The van der Waals surface area contributed by atoms with Crippen LogP contribution in [0.25, 0.3) is 11.3 Å². The van der Waals surface area contributed by atoms with Crippen LogP contribution in [0.3, 0.4) is 0 Å². The van der Waals surface area contributed by atoms with Crippen LogP contribution in [-0.4, -0.2) is 21.7 Å². The number of aromatic nitrogens is 2. The third kappa shape index (κ3) is 4.85. The van der Waals surface area contributed by atoms with Crippen LogP contribution >= 0.6 is 0 Å². The predicted molar refractivity (Wildman–Crippen MR) is 95.6 cm³/mol. The first-order valence-electron chi connectivity index (χ1n) is 8.16. The number of alkyl carbamates (subject to hydrolysis) is 1. The second kappa shape index (κ2) is 6.67. The molecule has 0 aliphatic heterocycles. The van der Waals surface area contributed by atoms with Gasteiger partial charge in [-0.1, -0.05) is 51.1 Å². The largest absolute Gasteiger partial charge is 0.444 e. The molecule has 0 spiro atoms. The van der Waals surface area contributed by atoms with Gasteiger partial charge < -0.3 is 15.0 Å². The molecular weight excluding hydrogens is 302 g/mol. The molecular formula is C19H27N3O2. The summed E-state index contributed by atoms with van der Waals surface area (Å²) in [5, 5.41) is 2.94. The fourth-order valence-electron chi connectivity index (χ4n) is 2.37. The number of nitrogens with one attached hydrogen (secondary N) is 2. The van der Waals surface area contributed by atoms with Crippen LogP contribution in [0.5, 0.6) is 0 Å². The van der Waals surface area contributed by atoms with Crippen LogP contribution in [0.1, 0.15) is 53.4 Å². The summed E-state index contributed by atoms with van der Waals surface area (Å²) >= 11 is 0. The molecule has 1 aromatic heterocycles. The lowest BCUT2D eigenvalue weighted by Gasteiger charge is -2.31. The fraction of sp³-hybridized carbons (Fsp3) is 0.474. The van der Waals surface area contributed by atoms with Gasteiger partial charge in [0.05, 0.1) is 17.9 Å². The molecule has 0 radical (unpaired) electrons. The molecule has 0 saturated carbocycles. The van der Waals surface area contributed by atoms with Gasteiger partial charge in [-0.2, -0.15) is 0 Å². The first-order chi connectivity index (χ1) is 11.1. The van der Waals surface area contributed by atoms with Crippen LogP contribution < -0.4 is 5.32 Å². The van der Waals surface area contributed by atoms with Gasteiger partial charge in [0.2, 0.25) is 0 Å². The number of benzene rings is 1. The minimum absolute atomic E-state index is 0.220. The van der Waals surface area contributed by atoms with Crippen molar-refractivity contribution in [3.05, 3.63) is 42.4 Å². The minimum Gasteiger partial charge on any atom is -0.444 e. The lowest BCUT2D eigenvalue weighted by atomic mass is 9.86. The standard InChI is InChI=1S/C19H27N3O2/c1-18(2,3)15(22-17(23)24-19(4,5)6)16-20-12-14(21-16)13-10-8-7-9-11-13/h7-12,15H,1-6H3,(H,20,21)(H,22,23). The third-order valence-electron chi connectivity index (χ3n) is 3.48. The number of imidazole rings is 1. The van der Waals surface area contributed by atoms with Gasteiger partial charge in [-0.15, -0.1) is 0 Å². The molecule has 1 unspecified atom stereocenters. The highest BCUT2D eigenvalue weighted by atomic mass is 16.6. The van der Waals surface area contributed by atoms with E-state index in [0.29, 0.717) is 5.82 Å². The van der Waals surface area contributed by atoms with Crippen molar-refractivity contribution < 1.29 is 9.53 Å². The van der Waals surface area contributed by atoms with E-state index in [1.807, 2.05) is 51.1 Å². The summed E-state index contributed by atoms with van der Waals surface area (Å²) in [5.41, 5.74) is 1.22. The molecule has 1 amide bonds. The average Bonchev–Trinajstić information content (AvgIpc) is 2.92. The topological polar surface area (TPSA) is 67.0 Å². The highest BCUT2D eigenvalue weighted by Crippen LogP contribution is 2.32. The van der Waals surface area contributed by atoms with Crippen LogP contribution in [-0.2, 0) is 4.74 Å². The van der Waals surface area contributed by atoms with Crippen molar-refractivity contribution in [3.63, 3.8) is 0 Å². The van der Waals surface area contributed by atoms with Gasteiger partial charge in [0.25, 0.3) is 0 Å². The molecule has 5 heteroatoms. The molecule has 2 rings (SSSR count). The maximum atomic E-state index is 12.2. The number of hydrogen-bond donors (Lipinski definition) is 2. The highest BCUT2D eigenvalue weighted by Gasteiger charge is 2.32. The van der Waals surface area contributed by atoms with E-state index in [-0.39, 0.29) is 11.5 Å². The monoisotopic (exact) mass is 329 g/mol. The van der Waals surface area contributed by atoms with Crippen molar-refractivity contribution in [1.29, 1.82) is 0 Å². The number of ether oxygens (including phenoxy) is 1. The maximum Gasteiger partial charge on any atom is 0.408 e. The van der Waals surface area contributed by atoms with Gasteiger partial charge >= 0.3 is 6.09 Å². The second-order valence-electron chi connectivity index (χ2n) is 7.99. The van der Waals surface area contributed by atoms with E-state index in [9.17, 15) is 4.79 Å². The van der Waals surface area contributed by atoms with Gasteiger partial charge in [0, 0.05) is 0 Å². The first kappa shape index (κ1) is 18.0. The second-order valence-corrected chi connectivity index (χ2v) is 7.99. The molecule has 0 saturated heterocycles. The molecule has 0 bridgehead atoms. The zero-order chi connectivity index (χ0) is 18.0. The van der Waals surface area contributed by atoms with E-state index in [2.05, 4.69) is 36.1 Å². The van der Waals surface area contributed by atoms with Gasteiger partial charge in [0.1, 0.15) is 11.4 Å². The van der Waals surface area contributed by atoms with E-state index in [1.54, 1.807) is 6.20 Å². The highest BCUT2D eigenvalue weighted by molar-refractivity contribution is 5.68. The van der Waals surface area contributed by atoms with Crippen molar-refractivity contribution in [2.24, 2.45) is 5.41 Å². The molecule has 1 atom stereocenters. The summed E-state index contributed by atoms with van der Waals surface area (Å²) in [7, 11) is 0. The minimum atomic E-state index is -0.537. The fourth-order valence-corrected chi connectivity index (χ4v) is 2.37. The lowest BCUT2D eigenvalue weighted by molar-refractivity contribution is 0.0458. The average molecular weight is 329 g/mol. The van der Waals surface area contributed by atoms with E-state index < -0.39 is 11.7 Å². The SMILES string of the molecule is CC(C)(C)OC(=O)NC(c1ncc(-c2ccccc2)[nH]1)C(C)(C)C. The molecule has 0 fully saturated rings. The van der Waals surface area contributed by atoms with Gasteiger partial charge in [-0.3, -0.25) is 0 Å². The Bertz CT molecular complexity index is 679. The van der Waals surface area contributed by atoms with Crippen LogP contribution in [0.15, 0.2) is 36.5 Å². The van der Waals surface area contributed by atoms with Gasteiger partial charge in [-0.25, -0.2) is 9.78 Å². The molecule has 5 nitrogen and oxygen atoms in total. The maximum absolute atomic E-state index is 12.2. The van der Waals surface area contributed by atoms with E-state index in [4.69, 9.17) is 4.74 Å². The normalized spacial score (nSPS) is 13.4. The molecule has 1 heterocycles. The molecule has 24 heavy (non-hydrogen) atoms. The van der Waals surface area contributed by atoms with Crippen LogP contribution in [0.4, 0.5) is 4.79 Å². The quantitative estimate of drug-likeness (QED) is 0.858. The Morgan fingerprint density at radius 1 is 1.12 bits per heavy atom. The van der Waals surface area contributed by atoms with Gasteiger partial charge in [-0.05, 0) is 31.7 Å². The van der Waals surface area contributed by atoms with Gasteiger partial charge in [0.15, 0.2) is 0 Å². The zero-order valence-corrected chi connectivity index (χ0v) is 15.3. The van der Waals surface area contributed by atoms with Crippen LogP contribution in [0, 0.1) is 5.41 Å². The Kier molecular flexibility index (Phi) is 5.02. The van der Waals surface area contributed by atoms with Crippen LogP contribution in [0.2, 0.25) is 0 Å². The number of aromatic amines is 1. The number of hydrogen-bond acceptors (Lipinski definition) is 3. The molecule has 130 valence electrons. The Morgan fingerprint density at radius 3 is 2.29 bits per heavy atom. The Morgan fingerprint density at radius 2 is 1.75 bits per heavy atom. The summed E-state index contributed by atoms with van der Waals surface area (Å²) in [6, 6.07) is 9.69. The number of carbonyl (C=O) groups excluding carboxylic acids is 1. The van der Waals surface area contributed by atoms with E-state index in [0.717, 1.165) is 11.3 Å². The Labute approximate surface area is 143 Å². The zero-order valence-electron chi connectivity index (χ0n) is 15.3. The number of H-pyrrole nitrogens is 1. The summed E-state index contributed by atoms with van der Waals surface area (Å²) < 4.78 is 5.38. The number of nitrogens with zero attached hydrogens (tertiary/aromatic N) is 1. The van der Waals surface area contributed by atoms with Crippen molar-refractivity contribution in [3.8, 4) is 11.3 Å². The first-order valence-corrected chi connectivity index (χ1v) is 8.16. The lowest BCUT2D eigenvalue weighted by Crippen LogP contribution is -2.40. The van der Waals surface area contributed by atoms with Crippen molar-refractivity contribution in [2.75, 3.05) is 0 Å². The smallest absolute Gasteiger partial charge is 0.408 e. The predicted octanol–water partition coefficient (Wildman–Crippen LogP) is 4.69. The molecule has 0 aliphatic rings. The van der Waals surface area contributed by atoms with E-state index in [1.165, 1.54) is 0 Å². The number of rotatable bonds is 3.